The topological polar surface area (TPSA) is 116 Å². The van der Waals surface area contributed by atoms with Crippen molar-refractivity contribution < 1.29 is 19.4 Å². The summed E-state index contributed by atoms with van der Waals surface area (Å²) in [5.41, 5.74) is -1.05. The van der Waals surface area contributed by atoms with Gasteiger partial charge in [-0.05, 0) is 12.1 Å². The maximum Gasteiger partial charge on any atom is 0.409 e. The summed E-state index contributed by atoms with van der Waals surface area (Å²) >= 11 is 5.77. The van der Waals surface area contributed by atoms with Crippen molar-refractivity contribution in [2.75, 3.05) is 21.2 Å². The van der Waals surface area contributed by atoms with Gasteiger partial charge in [-0.25, -0.2) is 4.79 Å². The van der Waals surface area contributed by atoms with Crippen molar-refractivity contribution in [1.82, 2.24) is 4.90 Å². The Kier molecular flexibility index (Phi) is 6.42. The number of allylic oxidation sites excluding steroid dienone is 2. The molecule has 0 saturated heterocycles. The lowest BCUT2D eigenvalue weighted by Crippen LogP contribution is -2.13. The molecule has 0 spiro atoms. The van der Waals surface area contributed by atoms with Crippen LogP contribution in [0.25, 0.3) is 5.57 Å². The number of nitrogens with zero attached hydrogens (tertiary/aromatic N) is 3. The highest BCUT2D eigenvalue weighted by Crippen LogP contribution is 2.30. The fourth-order valence-electron chi connectivity index (χ4n) is 1.80. The molecule has 0 aliphatic carbocycles. The Balaban J connectivity index is 3.64. The van der Waals surface area contributed by atoms with Gasteiger partial charge in [-0.15, -0.1) is 0 Å². The van der Waals surface area contributed by atoms with Crippen molar-refractivity contribution >= 4 is 28.8 Å². The van der Waals surface area contributed by atoms with Crippen molar-refractivity contribution in [3.63, 3.8) is 0 Å². The first-order valence-electron chi connectivity index (χ1n) is 6.44. The maximum absolute atomic E-state index is 11.6. The van der Waals surface area contributed by atoms with Crippen LogP contribution in [0.4, 0.5) is 5.69 Å². The second-order valence-electron chi connectivity index (χ2n) is 4.74. The van der Waals surface area contributed by atoms with E-state index in [-0.39, 0.29) is 21.8 Å². The van der Waals surface area contributed by atoms with Crippen LogP contribution in [0.3, 0.4) is 0 Å². The molecule has 0 saturated carbocycles. The standard InChI is InChI=1S/C14H14ClN3O6/c1-16(2)8-9(6-13(18(22)23)14(19)24-3)11-5-4-10(15)7-12(11)17(20)21/h4-8H,1-3H3. The SMILES string of the molecule is COC(=O)C(=CC(=CN(C)C)c1ccc(Cl)cc1[N+](=O)[O-])[N+](=O)[O-]. The van der Waals surface area contributed by atoms with Crippen LogP contribution in [0.2, 0.25) is 5.02 Å². The minimum Gasteiger partial charge on any atom is -0.461 e. The molecule has 0 aliphatic rings. The lowest BCUT2D eigenvalue weighted by molar-refractivity contribution is -0.421. The molecular weight excluding hydrogens is 342 g/mol. The minimum atomic E-state index is -1.17. The molecule has 0 atom stereocenters. The summed E-state index contributed by atoms with van der Waals surface area (Å²) in [6.45, 7) is 0. The first-order valence-corrected chi connectivity index (χ1v) is 6.82. The molecule has 128 valence electrons. The number of carbonyl (C=O) groups excluding carboxylic acids is 1. The largest absolute Gasteiger partial charge is 0.461 e. The Bertz CT molecular complexity index is 742. The van der Waals surface area contributed by atoms with E-state index in [0.717, 1.165) is 19.3 Å². The number of rotatable bonds is 6. The molecule has 0 unspecified atom stereocenters. The Labute approximate surface area is 142 Å². The zero-order valence-corrected chi connectivity index (χ0v) is 13.8. The molecular formula is C14H14ClN3O6. The molecule has 9 nitrogen and oxygen atoms in total. The summed E-state index contributed by atoms with van der Waals surface area (Å²) in [6, 6.07) is 3.88. The van der Waals surface area contributed by atoms with Crippen LogP contribution in [0.5, 0.6) is 0 Å². The quantitative estimate of drug-likeness (QED) is 0.253. The van der Waals surface area contributed by atoms with Crippen molar-refractivity contribution in [1.29, 1.82) is 0 Å². The number of esters is 1. The molecule has 0 amide bonds. The van der Waals surface area contributed by atoms with Crippen LogP contribution in [0, 0.1) is 20.2 Å². The number of ether oxygens (including phenoxy) is 1. The minimum absolute atomic E-state index is 0.0707. The fourth-order valence-corrected chi connectivity index (χ4v) is 1.97. The summed E-state index contributed by atoms with van der Waals surface area (Å²) in [6.07, 6.45) is 2.32. The van der Waals surface area contributed by atoms with Gasteiger partial charge in [-0.3, -0.25) is 20.2 Å². The third-order valence-electron chi connectivity index (χ3n) is 2.75. The van der Waals surface area contributed by atoms with Crippen LogP contribution in [-0.4, -0.2) is 41.9 Å². The first kappa shape index (κ1) is 19.1. The number of nitro benzene ring substituents is 1. The fraction of sp³-hybridized carbons (Fsp3) is 0.214. The molecule has 1 aromatic carbocycles. The second-order valence-corrected chi connectivity index (χ2v) is 5.18. The highest BCUT2D eigenvalue weighted by atomic mass is 35.5. The molecule has 24 heavy (non-hydrogen) atoms. The van der Waals surface area contributed by atoms with E-state index < -0.39 is 21.5 Å². The zero-order chi connectivity index (χ0) is 18.4. The predicted molar refractivity (Wildman–Crippen MR) is 86.9 cm³/mol. The van der Waals surface area contributed by atoms with E-state index in [9.17, 15) is 25.0 Å². The van der Waals surface area contributed by atoms with Gasteiger partial charge in [0.25, 0.3) is 5.69 Å². The number of carbonyl (C=O) groups is 1. The van der Waals surface area contributed by atoms with E-state index in [0.29, 0.717) is 0 Å². The van der Waals surface area contributed by atoms with Crippen LogP contribution < -0.4 is 0 Å². The summed E-state index contributed by atoms with van der Waals surface area (Å²) in [5, 5.41) is 22.4. The summed E-state index contributed by atoms with van der Waals surface area (Å²) in [4.78, 5) is 33.8. The lowest BCUT2D eigenvalue weighted by atomic mass is 10.0. The van der Waals surface area contributed by atoms with Gasteiger partial charge in [0, 0.05) is 43.0 Å². The Morgan fingerprint density at radius 2 is 1.92 bits per heavy atom. The van der Waals surface area contributed by atoms with Gasteiger partial charge in [-0.2, -0.15) is 0 Å². The van der Waals surface area contributed by atoms with E-state index in [1.165, 1.54) is 23.2 Å². The molecule has 1 rings (SSSR count). The third-order valence-corrected chi connectivity index (χ3v) is 2.98. The normalized spacial score (nSPS) is 11.8. The van der Waals surface area contributed by atoms with E-state index in [2.05, 4.69) is 4.74 Å². The van der Waals surface area contributed by atoms with Gasteiger partial charge >= 0.3 is 11.7 Å². The number of benzene rings is 1. The van der Waals surface area contributed by atoms with E-state index in [4.69, 9.17) is 11.6 Å². The van der Waals surface area contributed by atoms with Gasteiger partial charge in [0.2, 0.25) is 0 Å². The number of hydrogen-bond donors (Lipinski definition) is 0. The van der Waals surface area contributed by atoms with Crippen molar-refractivity contribution in [3.05, 3.63) is 67.0 Å². The number of hydrogen-bond acceptors (Lipinski definition) is 7. The molecule has 0 N–H and O–H groups in total. The highest BCUT2D eigenvalue weighted by Gasteiger charge is 2.26. The Hall–Kier alpha value is -2.94. The van der Waals surface area contributed by atoms with Crippen LogP contribution in [-0.2, 0) is 9.53 Å². The number of halogens is 1. The molecule has 0 heterocycles. The Morgan fingerprint density at radius 3 is 2.38 bits per heavy atom. The van der Waals surface area contributed by atoms with Crippen molar-refractivity contribution in [2.24, 2.45) is 0 Å². The number of nitro groups is 2. The maximum atomic E-state index is 11.6. The van der Waals surface area contributed by atoms with Gasteiger partial charge < -0.3 is 9.64 Å². The molecule has 10 heteroatoms. The monoisotopic (exact) mass is 355 g/mol. The van der Waals surface area contributed by atoms with Gasteiger partial charge in [0.05, 0.1) is 22.5 Å². The smallest absolute Gasteiger partial charge is 0.409 e. The lowest BCUT2D eigenvalue weighted by Gasteiger charge is -2.10. The average Bonchev–Trinajstić information content (AvgIpc) is 2.49. The molecule has 0 fully saturated rings. The second kappa shape index (κ2) is 8.06. The van der Waals surface area contributed by atoms with Crippen LogP contribution in [0.1, 0.15) is 5.56 Å². The average molecular weight is 356 g/mol. The van der Waals surface area contributed by atoms with E-state index in [1.807, 2.05) is 0 Å². The van der Waals surface area contributed by atoms with E-state index >= 15 is 0 Å². The molecule has 1 aromatic rings. The summed E-state index contributed by atoms with van der Waals surface area (Å²) in [7, 11) is 4.25. The van der Waals surface area contributed by atoms with Crippen molar-refractivity contribution in [2.45, 2.75) is 0 Å². The van der Waals surface area contributed by atoms with Crippen LogP contribution >= 0.6 is 11.6 Å². The first-order chi connectivity index (χ1) is 11.2. The molecule has 0 aliphatic heterocycles. The van der Waals surface area contributed by atoms with Gasteiger partial charge in [0.15, 0.2) is 0 Å². The van der Waals surface area contributed by atoms with Gasteiger partial charge in [0.1, 0.15) is 0 Å². The zero-order valence-electron chi connectivity index (χ0n) is 13.1. The number of methoxy groups -OCH3 is 1. The molecule has 0 radical (unpaired) electrons. The molecule has 0 bridgehead atoms. The molecule has 0 aromatic heterocycles. The van der Waals surface area contributed by atoms with E-state index in [1.54, 1.807) is 14.1 Å². The van der Waals surface area contributed by atoms with Gasteiger partial charge in [-0.1, -0.05) is 11.6 Å². The van der Waals surface area contributed by atoms with Crippen LogP contribution in [0.15, 0.2) is 36.2 Å². The van der Waals surface area contributed by atoms with Crippen molar-refractivity contribution in [3.8, 4) is 0 Å². The highest BCUT2D eigenvalue weighted by molar-refractivity contribution is 6.30. The summed E-state index contributed by atoms with van der Waals surface area (Å²) in [5.74, 6) is -1.17. The third kappa shape index (κ3) is 4.78. The Morgan fingerprint density at radius 1 is 1.29 bits per heavy atom. The predicted octanol–water partition coefficient (Wildman–Crippen LogP) is 2.48. The summed E-state index contributed by atoms with van der Waals surface area (Å²) < 4.78 is 4.37.